The highest BCUT2D eigenvalue weighted by Crippen LogP contribution is 2.50. The third-order valence-electron chi connectivity index (χ3n) is 6.66. The van der Waals surface area contributed by atoms with E-state index < -0.39 is 47.4 Å². The molecule has 2 rings (SSSR count). The summed E-state index contributed by atoms with van der Waals surface area (Å²) in [5, 5.41) is 20.7. The van der Waals surface area contributed by atoms with Crippen molar-refractivity contribution in [1.82, 2.24) is 0 Å². The van der Waals surface area contributed by atoms with Crippen LogP contribution in [0.3, 0.4) is 0 Å². The second-order valence-electron chi connectivity index (χ2n) is 9.56. The molecule has 0 aromatic rings. The minimum atomic E-state index is -1.46. The molecule has 0 spiro atoms. The van der Waals surface area contributed by atoms with Crippen LogP contribution in [0.1, 0.15) is 61.3 Å². The Bertz CT molecular complexity index is 877. The fourth-order valence-electron chi connectivity index (χ4n) is 3.72. The monoisotopic (exact) mass is 464 g/mol. The summed E-state index contributed by atoms with van der Waals surface area (Å²) in [7, 11) is 0. The van der Waals surface area contributed by atoms with E-state index in [4.69, 9.17) is 14.2 Å². The number of allylic oxidation sites excluding steroid dienone is 2. The fraction of sp³-hybridized carbons (Fsp3) is 0.640. The van der Waals surface area contributed by atoms with Gasteiger partial charge in [0.2, 0.25) is 5.78 Å². The third-order valence-corrected chi connectivity index (χ3v) is 6.66. The first-order chi connectivity index (χ1) is 15.2. The summed E-state index contributed by atoms with van der Waals surface area (Å²) in [5.41, 5.74) is -1.46. The van der Waals surface area contributed by atoms with Gasteiger partial charge in [0.25, 0.3) is 0 Å². The molecule has 2 fully saturated rings. The number of hydrogen-bond acceptors (Lipinski definition) is 8. The number of aliphatic hydroxyl groups excluding tert-OH is 1. The van der Waals surface area contributed by atoms with Crippen LogP contribution in [0.15, 0.2) is 35.5 Å². The largest absolute Gasteiger partial charge is 0.454 e. The van der Waals surface area contributed by atoms with Crippen molar-refractivity contribution in [3.63, 3.8) is 0 Å². The lowest BCUT2D eigenvalue weighted by Crippen LogP contribution is -2.49. The molecule has 8 heteroatoms. The molecule has 1 aliphatic carbocycles. The van der Waals surface area contributed by atoms with Crippen molar-refractivity contribution in [2.45, 2.75) is 96.9 Å². The van der Waals surface area contributed by atoms with Crippen LogP contribution in [0.5, 0.6) is 0 Å². The average molecular weight is 465 g/mol. The van der Waals surface area contributed by atoms with E-state index in [2.05, 4.69) is 6.58 Å². The first kappa shape index (κ1) is 27.0. The number of epoxide rings is 1. The fourth-order valence-corrected chi connectivity index (χ4v) is 3.72. The smallest absolute Gasteiger partial charge is 0.334 e. The quantitative estimate of drug-likeness (QED) is 0.231. The molecule has 0 unspecified atom stereocenters. The van der Waals surface area contributed by atoms with Gasteiger partial charge in [-0.25, -0.2) is 9.59 Å². The second-order valence-corrected chi connectivity index (χ2v) is 9.56. The number of carbonyl (C=O) groups excluding carboxylic acids is 3. The highest BCUT2D eigenvalue weighted by molar-refractivity contribution is 5.98. The Kier molecular flexibility index (Phi) is 8.10. The highest BCUT2D eigenvalue weighted by atomic mass is 16.6. The number of Topliss-reactive ketones (excluding diaryl/α,β-unsaturated/α-hetero) is 1. The summed E-state index contributed by atoms with van der Waals surface area (Å²) in [6.07, 6.45) is -0.445. The van der Waals surface area contributed by atoms with Gasteiger partial charge in [0.15, 0.2) is 11.7 Å². The average Bonchev–Trinajstić information content (AvgIpc) is 3.43. The van der Waals surface area contributed by atoms with Crippen molar-refractivity contribution in [3.8, 4) is 0 Å². The minimum Gasteiger partial charge on any atom is -0.454 e. The Labute approximate surface area is 195 Å². The lowest BCUT2D eigenvalue weighted by molar-refractivity contribution is -0.158. The van der Waals surface area contributed by atoms with Gasteiger partial charge >= 0.3 is 11.9 Å². The van der Waals surface area contributed by atoms with E-state index in [0.717, 1.165) is 0 Å². The number of hydrogen-bond donors (Lipinski definition) is 2. The van der Waals surface area contributed by atoms with Crippen LogP contribution >= 0.6 is 0 Å². The van der Waals surface area contributed by atoms with Crippen LogP contribution in [0.25, 0.3) is 0 Å². The molecule has 1 aliphatic heterocycles. The van der Waals surface area contributed by atoms with Crippen LogP contribution in [0, 0.1) is 5.92 Å². The molecule has 0 aromatic carbocycles. The van der Waals surface area contributed by atoms with Gasteiger partial charge in [-0.1, -0.05) is 18.7 Å². The molecular formula is C25H36O8. The minimum absolute atomic E-state index is 0.146. The van der Waals surface area contributed by atoms with Crippen LogP contribution in [0.2, 0.25) is 0 Å². The molecule has 1 saturated carbocycles. The second kappa shape index (κ2) is 9.91. The first-order valence-corrected chi connectivity index (χ1v) is 11.2. The molecule has 0 aromatic heterocycles. The summed E-state index contributed by atoms with van der Waals surface area (Å²) in [6.45, 7) is 15.2. The number of carbonyl (C=O) groups is 3. The van der Waals surface area contributed by atoms with E-state index in [9.17, 15) is 24.6 Å². The molecule has 33 heavy (non-hydrogen) atoms. The van der Waals surface area contributed by atoms with E-state index in [1.165, 1.54) is 13.8 Å². The normalized spacial score (nSPS) is 29.6. The maximum atomic E-state index is 13.2. The summed E-state index contributed by atoms with van der Waals surface area (Å²) >= 11 is 0. The summed E-state index contributed by atoms with van der Waals surface area (Å²) in [5.74, 6) is -2.31. The molecule has 2 aliphatic rings. The van der Waals surface area contributed by atoms with Gasteiger partial charge in [0, 0.05) is 23.5 Å². The number of rotatable bonds is 9. The molecule has 6 atom stereocenters. The molecule has 8 nitrogen and oxygen atoms in total. The number of ether oxygens (including phenoxy) is 3. The maximum Gasteiger partial charge on any atom is 0.334 e. The highest BCUT2D eigenvalue weighted by Gasteiger charge is 2.66. The van der Waals surface area contributed by atoms with Crippen molar-refractivity contribution < 1.29 is 38.8 Å². The molecular weight excluding hydrogens is 428 g/mol. The number of ketones is 1. The molecule has 0 bridgehead atoms. The van der Waals surface area contributed by atoms with Gasteiger partial charge in [0.1, 0.15) is 6.10 Å². The van der Waals surface area contributed by atoms with E-state index in [1.807, 2.05) is 0 Å². The Hall–Kier alpha value is -2.29. The summed E-state index contributed by atoms with van der Waals surface area (Å²) in [4.78, 5) is 38.2. The first-order valence-electron chi connectivity index (χ1n) is 11.2. The molecule has 1 saturated heterocycles. The van der Waals surface area contributed by atoms with E-state index in [1.54, 1.807) is 46.8 Å². The Morgan fingerprint density at radius 3 is 2.30 bits per heavy atom. The third kappa shape index (κ3) is 5.80. The summed E-state index contributed by atoms with van der Waals surface area (Å²) < 4.78 is 16.8. The lowest BCUT2D eigenvalue weighted by Gasteiger charge is -2.36. The van der Waals surface area contributed by atoms with Gasteiger partial charge in [-0.2, -0.15) is 0 Å². The van der Waals surface area contributed by atoms with Gasteiger partial charge in [-0.05, 0) is 60.5 Å². The molecule has 184 valence electrons. The van der Waals surface area contributed by atoms with Gasteiger partial charge in [-0.15, -0.1) is 0 Å². The molecule has 2 N–H and O–H groups in total. The van der Waals surface area contributed by atoms with Crippen molar-refractivity contribution in [2.24, 2.45) is 5.92 Å². The Balaban J connectivity index is 2.38. The van der Waals surface area contributed by atoms with E-state index in [-0.39, 0.29) is 18.3 Å². The summed E-state index contributed by atoms with van der Waals surface area (Å²) in [6, 6.07) is 0. The maximum absolute atomic E-state index is 13.2. The molecule has 0 amide bonds. The van der Waals surface area contributed by atoms with Gasteiger partial charge in [-0.3, -0.25) is 4.79 Å². The zero-order valence-corrected chi connectivity index (χ0v) is 20.5. The van der Waals surface area contributed by atoms with E-state index >= 15 is 0 Å². The van der Waals surface area contributed by atoms with Crippen LogP contribution in [-0.2, 0) is 28.6 Å². The Morgan fingerprint density at radius 1 is 1.24 bits per heavy atom. The van der Waals surface area contributed by atoms with Crippen molar-refractivity contribution in [1.29, 1.82) is 0 Å². The van der Waals surface area contributed by atoms with Gasteiger partial charge < -0.3 is 24.4 Å². The standard InChI is InChI=1S/C25H36O8/c1-9-13(3)22(28)31-17(12-18(26)24(6,7)30)15(5)16-11-19-25(8,33-19)21(27)20(16)32-23(29)14(4)10-2/h9-10,16-20,26,30H,5,11-12H2,1-4,6-8H3/b13-9-,14-10-/t16-,17+,18+,19-,20+,25-/m1/s1. The zero-order chi connectivity index (χ0) is 25.3. The number of fused-ring (bicyclic) bond motifs is 1. The SMILES string of the molecule is C=C([C@H](C[C@H](O)C(C)(C)O)OC(=O)/C(C)=C\C)[C@H]1C[C@H]2O[C@@]2(C)C(=O)[C@H]1OC(=O)/C(C)=C\C. The van der Waals surface area contributed by atoms with Crippen molar-refractivity contribution >= 4 is 17.7 Å². The van der Waals surface area contributed by atoms with Crippen LogP contribution in [-0.4, -0.2) is 63.6 Å². The topological polar surface area (TPSA) is 123 Å². The van der Waals surface area contributed by atoms with Crippen LogP contribution in [0.4, 0.5) is 0 Å². The van der Waals surface area contributed by atoms with Crippen LogP contribution < -0.4 is 0 Å². The van der Waals surface area contributed by atoms with Crippen molar-refractivity contribution in [2.75, 3.05) is 0 Å². The zero-order valence-electron chi connectivity index (χ0n) is 20.5. The Morgan fingerprint density at radius 2 is 1.79 bits per heavy atom. The molecule has 0 radical (unpaired) electrons. The van der Waals surface area contributed by atoms with E-state index in [0.29, 0.717) is 23.1 Å². The predicted octanol–water partition coefficient (Wildman–Crippen LogP) is 2.57. The number of esters is 2. The lowest BCUT2D eigenvalue weighted by atomic mass is 9.74. The van der Waals surface area contributed by atoms with Gasteiger partial charge in [0.05, 0.1) is 17.8 Å². The molecule has 1 heterocycles. The number of aliphatic hydroxyl groups is 2. The van der Waals surface area contributed by atoms with Crippen molar-refractivity contribution in [3.05, 3.63) is 35.5 Å². The predicted molar refractivity (Wildman–Crippen MR) is 121 cm³/mol.